The summed E-state index contributed by atoms with van der Waals surface area (Å²) in [6.07, 6.45) is 5.21. The molecule has 4 rings (SSSR count). The molecule has 4 aliphatic rings. The highest BCUT2D eigenvalue weighted by atomic mass is 19.4. The monoisotopic (exact) mass is 454 g/mol. The number of nitrogens with one attached hydrogen (secondary N) is 1. The molecule has 4 nitrogen and oxygen atoms in total. The van der Waals surface area contributed by atoms with Gasteiger partial charge in [-0.15, -0.1) is 0 Å². The van der Waals surface area contributed by atoms with E-state index in [9.17, 15) is 22.8 Å². The number of carbonyl (C=O) groups excluding carboxylic acids is 2. The SMILES string of the molecule is CC(C)CN(CC(F)(F)F)C(=O)C1=C[C@@]2(C)C(CC[C@@H]3[C@H]2CC[C@]2(C)CCC[C@@H]32)NC1=O. The van der Waals surface area contributed by atoms with Crippen molar-refractivity contribution in [2.45, 2.75) is 84.9 Å². The average molecular weight is 455 g/mol. The van der Waals surface area contributed by atoms with Crippen molar-refractivity contribution in [3.8, 4) is 0 Å². The van der Waals surface area contributed by atoms with Crippen molar-refractivity contribution in [2.24, 2.45) is 34.5 Å². The fraction of sp³-hybridized carbons (Fsp3) is 0.840. The van der Waals surface area contributed by atoms with Crippen LogP contribution in [0, 0.1) is 34.5 Å². The molecule has 1 aliphatic heterocycles. The molecule has 2 amide bonds. The van der Waals surface area contributed by atoms with Gasteiger partial charge in [0.15, 0.2) is 0 Å². The van der Waals surface area contributed by atoms with Crippen LogP contribution in [0.15, 0.2) is 11.6 Å². The van der Waals surface area contributed by atoms with Gasteiger partial charge in [-0.1, -0.05) is 40.2 Å². The predicted octanol–water partition coefficient (Wildman–Crippen LogP) is 5.09. The molecule has 0 bridgehead atoms. The lowest BCUT2D eigenvalue weighted by atomic mass is 9.48. The molecule has 180 valence electrons. The maximum atomic E-state index is 13.2. The van der Waals surface area contributed by atoms with E-state index in [1.54, 1.807) is 19.9 Å². The van der Waals surface area contributed by atoms with Crippen LogP contribution >= 0.6 is 0 Å². The molecule has 3 saturated carbocycles. The van der Waals surface area contributed by atoms with Crippen molar-refractivity contribution in [1.82, 2.24) is 10.2 Å². The molecule has 1 heterocycles. The van der Waals surface area contributed by atoms with Crippen molar-refractivity contribution in [3.63, 3.8) is 0 Å². The van der Waals surface area contributed by atoms with Crippen molar-refractivity contribution >= 4 is 11.8 Å². The van der Waals surface area contributed by atoms with Gasteiger partial charge < -0.3 is 10.2 Å². The van der Waals surface area contributed by atoms with E-state index in [-0.39, 0.29) is 24.1 Å². The third-order valence-electron chi connectivity index (χ3n) is 9.04. The van der Waals surface area contributed by atoms with Gasteiger partial charge in [0.05, 0.1) is 0 Å². The summed E-state index contributed by atoms with van der Waals surface area (Å²) in [6.45, 7) is 6.72. The van der Waals surface area contributed by atoms with Crippen LogP contribution in [-0.2, 0) is 9.59 Å². The molecule has 0 aromatic heterocycles. The Labute approximate surface area is 189 Å². The summed E-state index contributed by atoms with van der Waals surface area (Å²) in [6, 6.07) is -0.0558. The fourth-order valence-electron chi connectivity index (χ4n) is 7.64. The third kappa shape index (κ3) is 4.09. The van der Waals surface area contributed by atoms with Crippen LogP contribution in [0.2, 0.25) is 0 Å². The minimum Gasteiger partial charge on any atom is -0.348 e. The molecule has 0 radical (unpaired) electrons. The van der Waals surface area contributed by atoms with Gasteiger partial charge in [0.1, 0.15) is 12.1 Å². The second kappa shape index (κ2) is 8.05. The summed E-state index contributed by atoms with van der Waals surface area (Å²) in [5.41, 5.74) is -0.104. The van der Waals surface area contributed by atoms with Crippen LogP contribution in [0.4, 0.5) is 13.2 Å². The lowest BCUT2D eigenvalue weighted by Crippen LogP contribution is -2.61. The van der Waals surface area contributed by atoms with E-state index in [2.05, 4.69) is 19.2 Å². The summed E-state index contributed by atoms with van der Waals surface area (Å²) in [5.74, 6) is 0.135. The van der Waals surface area contributed by atoms with Gasteiger partial charge in [-0.25, -0.2) is 0 Å². The van der Waals surface area contributed by atoms with Crippen LogP contribution < -0.4 is 5.32 Å². The lowest BCUT2D eigenvalue weighted by molar-refractivity contribution is -0.160. The predicted molar refractivity (Wildman–Crippen MR) is 116 cm³/mol. The Kier molecular flexibility index (Phi) is 5.94. The first kappa shape index (κ1) is 23.6. The minimum absolute atomic E-state index is 0.0322. The van der Waals surface area contributed by atoms with E-state index in [0.29, 0.717) is 23.2 Å². The van der Waals surface area contributed by atoms with Crippen LogP contribution in [0.5, 0.6) is 0 Å². The molecule has 1 N–H and O–H groups in total. The van der Waals surface area contributed by atoms with Crippen molar-refractivity contribution < 1.29 is 22.8 Å². The Morgan fingerprint density at radius 1 is 1.16 bits per heavy atom. The topological polar surface area (TPSA) is 49.4 Å². The second-order valence-corrected chi connectivity index (χ2v) is 11.7. The molecular weight excluding hydrogens is 417 g/mol. The number of nitrogens with zero attached hydrogens (tertiary/aromatic N) is 1. The number of fused-ring (bicyclic) bond motifs is 5. The molecule has 1 unspecified atom stereocenters. The van der Waals surface area contributed by atoms with E-state index in [4.69, 9.17) is 0 Å². The largest absolute Gasteiger partial charge is 0.406 e. The van der Waals surface area contributed by atoms with E-state index < -0.39 is 30.0 Å². The van der Waals surface area contributed by atoms with Gasteiger partial charge in [-0.2, -0.15) is 13.2 Å². The summed E-state index contributed by atoms with van der Waals surface area (Å²) in [5, 5.41) is 3.03. The van der Waals surface area contributed by atoms with Crippen molar-refractivity contribution in [3.05, 3.63) is 11.6 Å². The Bertz CT molecular complexity index is 807. The van der Waals surface area contributed by atoms with E-state index in [1.165, 1.54) is 19.3 Å². The highest BCUT2D eigenvalue weighted by molar-refractivity contribution is 6.19. The molecule has 32 heavy (non-hydrogen) atoms. The zero-order valence-electron chi connectivity index (χ0n) is 19.7. The molecule has 0 aromatic carbocycles. The van der Waals surface area contributed by atoms with Gasteiger partial charge >= 0.3 is 6.18 Å². The Balaban J connectivity index is 1.65. The van der Waals surface area contributed by atoms with Gasteiger partial charge in [-0.05, 0) is 67.6 Å². The number of rotatable bonds is 4. The Morgan fingerprint density at radius 3 is 2.53 bits per heavy atom. The quantitative estimate of drug-likeness (QED) is 0.602. The number of halogens is 3. The van der Waals surface area contributed by atoms with E-state index in [1.807, 2.05) is 0 Å². The highest BCUT2D eigenvalue weighted by Crippen LogP contribution is 2.63. The van der Waals surface area contributed by atoms with Gasteiger partial charge in [-0.3, -0.25) is 9.59 Å². The number of amides is 2. The Morgan fingerprint density at radius 2 is 1.88 bits per heavy atom. The average Bonchev–Trinajstić information content (AvgIpc) is 3.07. The summed E-state index contributed by atoms with van der Waals surface area (Å²) >= 11 is 0. The molecule has 0 aromatic rings. The van der Waals surface area contributed by atoms with E-state index >= 15 is 0 Å². The Hall–Kier alpha value is -1.53. The standard InChI is InChI=1S/C25H37F3N2O2/c1-15(2)13-30(14-25(26,27)28)22(32)17-12-24(4)19-9-11-23(3)10-5-6-18(23)16(19)7-8-20(24)29-21(17)31/h12,15-16,18-20H,5-11,13-14H2,1-4H3,(H,29,31)/t16-,18-,19+,20?,23-,24+/m0/s1. The summed E-state index contributed by atoms with van der Waals surface area (Å²) in [7, 11) is 0. The zero-order chi connectivity index (χ0) is 23.5. The van der Waals surface area contributed by atoms with Crippen LogP contribution in [-0.4, -0.2) is 42.0 Å². The molecule has 6 atom stereocenters. The van der Waals surface area contributed by atoms with Crippen LogP contribution in [0.25, 0.3) is 0 Å². The molecule has 3 fully saturated rings. The number of hydrogen-bond donors (Lipinski definition) is 1. The summed E-state index contributed by atoms with van der Waals surface area (Å²) < 4.78 is 39.6. The van der Waals surface area contributed by atoms with Crippen molar-refractivity contribution in [2.75, 3.05) is 13.1 Å². The van der Waals surface area contributed by atoms with Crippen LogP contribution in [0.1, 0.15) is 72.6 Å². The lowest BCUT2D eigenvalue weighted by Gasteiger charge is -2.58. The van der Waals surface area contributed by atoms with Crippen LogP contribution in [0.3, 0.4) is 0 Å². The maximum Gasteiger partial charge on any atom is 0.406 e. The first-order chi connectivity index (χ1) is 14.8. The van der Waals surface area contributed by atoms with Gasteiger partial charge in [0.2, 0.25) is 0 Å². The number of alkyl halides is 3. The normalized spacial score (nSPS) is 39.0. The zero-order valence-corrected chi connectivity index (χ0v) is 19.7. The molecular formula is C25H37F3N2O2. The van der Waals surface area contributed by atoms with Gasteiger partial charge in [0.25, 0.3) is 11.8 Å². The minimum atomic E-state index is -4.51. The van der Waals surface area contributed by atoms with E-state index in [0.717, 1.165) is 30.6 Å². The van der Waals surface area contributed by atoms with Gasteiger partial charge in [0, 0.05) is 18.0 Å². The molecule has 0 spiro atoms. The molecule has 7 heteroatoms. The third-order valence-corrected chi connectivity index (χ3v) is 9.04. The van der Waals surface area contributed by atoms with Crippen molar-refractivity contribution in [1.29, 1.82) is 0 Å². The fourth-order valence-corrected chi connectivity index (χ4v) is 7.64. The highest BCUT2D eigenvalue weighted by Gasteiger charge is 2.58. The first-order valence-electron chi connectivity index (χ1n) is 12.2. The molecule has 0 saturated heterocycles. The number of carbonyl (C=O) groups is 2. The summed E-state index contributed by atoms with van der Waals surface area (Å²) in [4.78, 5) is 26.9. The maximum absolute atomic E-state index is 13.2. The smallest absolute Gasteiger partial charge is 0.348 e. The number of hydrogen-bond acceptors (Lipinski definition) is 2. The first-order valence-corrected chi connectivity index (χ1v) is 12.2. The molecule has 3 aliphatic carbocycles. The second-order valence-electron chi connectivity index (χ2n) is 11.7.